The zero-order chi connectivity index (χ0) is 20.3. The largest absolute Gasteiger partial charge is 0.446 e. The Morgan fingerprint density at radius 1 is 1.21 bits per heavy atom. The van der Waals surface area contributed by atoms with Gasteiger partial charge in [-0.05, 0) is 31.6 Å². The van der Waals surface area contributed by atoms with Crippen LogP contribution in [0.2, 0.25) is 0 Å². The second-order valence-electron chi connectivity index (χ2n) is 8.22. The number of hydrogen-bond donors (Lipinski definition) is 1. The van der Waals surface area contributed by atoms with Crippen molar-refractivity contribution >= 4 is 11.9 Å². The van der Waals surface area contributed by atoms with Crippen molar-refractivity contribution in [3.63, 3.8) is 0 Å². The van der Waals surface area contributed by atoms with Gasteiger partial charge in [0, 0.05) is 31.4 Å². The Morgan fingerprint density at radius 3 is 2.36 bits per heavy atom. The fraction of sp³-hybridized carbons (Fsp3) is 0.778. The van der Waals surface area contributed by atoms with Gasteiger partial charge in [-0.15, -0.1) is 0 Å². The van der Waals surface area contributed by atoms with Crippen LogP contribution in [0.1, 0.15) is 68.0 Å². The highest BCUT2D eigenvalue weighted by Gasteiger charge is 2.50. The molecular weight excluding hydrogens is 385 g/mol. The molecule has 0 bridgehead atoms. The van der Waals surface area contributed by atoms with Gasteiger partial charge in [-0.3, -0.25) is 10.00 Å². The molecule has 3 saturated carbocycles. The lowest BCUT2D eigenvalue weighted by molar-refractivity contribution is -0.213. The fourth-order valence-corrected chi connectivity index (χ4v) is 4.17. The average molecular weight is 407 g/mol. The summed E-state index contributed by atoms with van der Waals surface area (Å²) >= 11 is 0. The number of aryl methyl sites for hydroxylation is 1. The molecule has 0 spiro atoms. The number of hydrogen-bond acceptors (Lipinski definition) is 3. The summed E-state index contributed by atoms with van der Waals surface area (Å²) < 4.78 is 70.8. The Bertz CT molecular complexity index is 758. The van der Waals surface area contributed by atoms with E-state index in [0.717, 1.165) is 24.8 Å². The maximum absolute atomic E-state index is 13.3. The molecule has 10 heteroatoms. The van der Waals surface area contributed by atoms with E-state index >= 15 is 0 Å². The molecule has 1 amide bonds. The summed E-state index contributed by atoms with van der Waals surface area (Å²) in [5.74, 6) is -3.91. The molecule has 3 aliphatic rings. The van der Waals surface area contributed by atoms with Crippen molar-refractivity contribution < 1.29 is 31.5 Å². The summed E-state index contributed by atoms with van der Waals surface area (Å²) in [4.78, 5) is 12.2. The van der Waals surface area contributed by atoms with Crippen molar-refractivity contribution in [3.05, 3.63) is 11.3 Å². The van der Waals surface area contributed by atoms with Gasteiger partial charge in [0.15, 0.2) is 0 Å². The number of alkyl halides is 5. The predicted octanol–water partition coefficient (Wildman–Crippen LogP) is 5.09. The minimum absolute atomic E-state index is 0.145. The van der Waals surface area contributed by atoms with Crippen molar-refractivity contribution in [1.82, 2.24) is 9.78 Å². The van der Waals surface area contributed by atoms with Gasteiger partial charge in [-0.2, -0.15) is 18.3 Å². The maximum Gasteiger partial charge on any atom is 0.413 e. The van der Waals surface area contributed by atoms with Gasteiger partial charge in [-0.1, -0.05) is 6.42 Å². The van der Waals surface area contributed by atoms with Crippen LogP contribution in [0.3, 0.4) is 0 Å². The lowest BCUT2D eigenvalue weighted by Gasteiger charge is -2.36. The van der Waals surface area contributed by atoms with E-state index in [4.69, 9.17) is 4.74 Å². The van der Waals surface area contributed by atoms with Crippen LogP contribution in [0.25, 0.3) is 0 Å². The van der Waals surface area contributed by atoms with Crippen LogP contribution in [-0.2, 0) is 11.8 Å². The lowest BCUT2D eigenvalue weighted by atomic mass is 9.73. The number of nitrogens with one attached hydrogen (secondary N) is 1. The van der Waals surface area contributed by atoms with Gasteiger partial charge in [0.25, 0.3) is 0 Å². The number of nitrogens with zero attached hydrogens (tertiary/aromatic N) is 2. The highest BCUT2D eigenvalue weighted by atomic mass is 19.4. The van der Waals surface area contributed by atoms with E-state index in [1.807, 2.05) is 0 Å². The molecule has 0 aliphatic heterocycles. The number of aromatic nitrogens is 2. The van der Waals surface area contributed by atoms with Crippen LogP contribution in [-0.4, -0.2) is 34.1 Å². The molecule has 5 nitrogen and oxygen atoms in total. The monoisotopic (exact) mass is 407 g/mol. The number of carbonyl (C=O) groups excluding carboxylic acids is 1. The van der Waals surface area contributed by atoms with Gasteiger partial charge < -0.3 is 4.74 Å². The average Bonchev–Trinajstić information content (AvgIpc) is 2.74. The van der Waals surface area contributed by atoms with Crippen molar-refractivity contribution in [2.45, 2.75) is 75.0 Å². The Hall–Kier alpha value is -1.87. The summed E-state index contributed by atoms with van der Waals surface area (Å²) in [7, 11) is 1.61. The van der Waals surface area contributed by atoms with Gasteiger partial charge in [0.1, 0.15) is 11.9 Å². The summed E-state index contributed by atoms with van der Waals surface area (Å²) in [5.41, 5.74) is 1.36. The van der Waals surface area contributed by atoms with Crippen LogP contribution >= 0.6 is 0 Å². The second-order valence-corrected chi connectivity index (χ2v) is 8.22. The zero-order valence-electron chi connectivity index (χ0n) is 15.4. The molecule has 1 aromatic heterocycles. The Morgan fingerprint density at radius 2 is 1.86 bits per heavy atom. The van der Waals surface area contributed by atoms with Gasteiger partial charge >= 0.3 is 12.3 Å². The SMILES string of the molecule is Cn1nc(C2CC(F)(F)C2)c(C2CCC2)c1NC(=O)OC1CC(C(F)(F)F)C1. The Labute approximate surface area is 158 Å². The number of amides is 1. The molecule has 3 fully saturated rings. The van der Waals surface area contributed by atoms with Crippen molar-refractivity contribution in [1.29, 1.82) is 0 Å². The van der Waals surface area contributed by atoms with Crippen LogP contribution in [0.5, 0.6) is 0 Å². The maximum atomic E-state index is 13.3. The molecule has 156 valence electrons. The first-order valence-corrected chi connectivity index (χ1v) is 9.52. The number of anilines is 1. The molecular formula is C18H22F5N3O2. The highest BCUT2D eigenvalue weighted by Crippen LogP contribution is 2.52. The minimum atomic E-state index is -4.27. The molecule has 4 rings (SSSR count). The molecule has 0 radical (unpaired) electrons. The molecule has 0 saturated heterocycles. The molecule has 1 heterocycles. The summed E-state index contributed by atoms with van der Waals surface area (Å²) in [6.45, 7) is 0. The Kier molecular flexibility index (Phi) is 4.58. The first-order valence-electron chi connectivity index (χ1n) is 9.52. The molecule has 1 aromatic rings. The van der Waals surface area contributed by atoms with Gasteiger partial charge in [0.05, 0.1) is 11.6 Å². The summed E-state index contributed by atoms with van der Waals surface area (Å²) in [5, 5.41) is 6.97. The lowest BCUT2D eigenvalue weighted by Crippen LogP contribution is -2.42. The van der Waals surface area contributed by atoms with Crippen LogP contribution in [0, 0.1) is 5.92 Å². The third kappa shape index (κ3) is 3.57. The summed E-state index contributed by atoms with van der Waals surface area (Å²) in [6.07, 6.45) is -4.05. The molecule has 1 N–H and O–H groups in total. The van der Waals surface area contributed by atoms with E-state index in [2.05, 4.69) is 10.4 Å². The van der Waals surface area contributed by atoms with E-state index in [9.17, 15) is 26.7 Å². The quantitative estimate of drug-likeness (QED) is 0.708. The third-order valence-corrected chi connectivity index (χ3v) is 6.15. The number of carbonyl (C=O) groups is 1. The van der Waals surface area contributed by atoms with E-state index in [0.29, 0.717) is 11.5 Å². The van der Waals surface area contributed by atoms with E-state index in [1.54, 1.807) is 7.05 Å². The fourth-order valence-electron chi connectivity index (χ4n) is 4.17. The Balaban J connectivity index is 1.44. The predicted molar refractivity (Wildman–Crippen MR) is 89.4 cm³/mol. The van der Waals surface area contributed by atoms with Crippen molar-refractivity contribution in [2.24, 2.45) is 13.0 Å². The third-order valence-electron chi connectivity index (χ3n) is 6.15. The zero-order valence-corrected chi connectivity index (χ0v) is 15.4. The number of rotatable bonds is 4. The van der Waals surface area contributed by atoms with Crippen molar-refractivity contribution in [2.75, 3.05) is 5.32 Å². The first-order chi connectivity index (χ1) is 13.0. The smallest absolute Gasteiger partial charge is 0.413 e. The van der Waals surface area contributed by atoms with E-state index in [-0.39, 0.29) is 37.5 Å². The number of ether oxygens (including phenoxy) is 1. The van der Waals surface area contributed by atoms with Crippen LogP contribution in [0.15, 0.2) is 0 Å². The topological polar surface area (TPSA) is 56.2 Å². The van der Waals surface area contributed by atoms with Crippen LogP contribution in [0.4, 0.5) is 32.6 Å². The summed E-state index contributed by atoms with van der Waals surface area (Å²) in [6, 6.07) is 0. The van der Waals surface area contributed by atoms with E-state index in [1.165, 1.54) is 4.68 Å². The molecule has 0 atom stereocenters. The normalized spacial score (nSPS) is 27.5. The second kappa shape index (κ2) is 6.59. The van der Waals surface area contributed by atoms with Crippen molar-refractivity contribution in [3.8, 4) is 0 Å². The minimum Gasteiger partial charge on any atom is -0.446 e. The molecule has 28 heavy (non-hydrogen) atoms. The van der Waals surface area contributed by atoms with Gasteiger partial charge in [0.2, 0.25) is 5.92 Å². The standard InChI is InChI=1S/C18H22F5N3O2/c1-26-15(24-16(27)28-12-5-11(6-12)18(21,22)23)13(9-3-2-4-9)14(25-26)10-7-17(19,20)8-10/h9-12H,2-8H2,1H3,(H,24,27). The van der Waals surface area contributed by atoms with Gasteiger partial charge in [-0.25, -0.2) is 13.6 Å². The molecule has 3 aliphatic carbocycles. The molecule has 0 aromatic carbocycles. The highest BCUT2D eigenvalue weighted by molar-refractivity contribution is 5.85. The first kappa shape index (κ1) is 19.4. The molecule has 0 unspecified atom stereocenters. The van der Waals surface area contributed by atoms with Crippen LogP contribution < -0.4 is 5.32 Å². The number of halogens is 5. The van der Waals surface area contributed by atoms with E-state index < -0.39 is 30.2 Å².